The zero-order valence-corrected chi connectivity index (χ0v) is 9.83. The van der Waals surface area contributed by atoms with Crippen LogP contribution in [0, 0.1) is 6.92 Å². The molecule has 0 unspecified atom stereocenters. The topological polar surface area (TPSA) is 9.23 Å². The maximum atomic E-state index is 5.85. The number of methoxy groups -OCH3 is 1. The average molecular weight is 221 g/mol. The Morgan fingerprint density at radius 3 is 2.15 bits per heavy atom. The first-order valence-electron chi connectivity index (χ1n) is 4.15. The van der Waals surface area contributed by atoms with E-state index in [1.165, 1.54) is 0 Å². The minimum atomic E-state index is 0.560. The van der Waals surface area contributed by atoms with E-state index in [4.69, 9.17) is 27.9 Å². The lowest BCUT2D eigenvalue weighted by Crippen LogP contribution is -1.87. The van der Waals surface area contributed by atoms with Gasteiger partial charge in [-0.15, -0.1) is 0 Å². The molecule has 0 aliphatic rings. The lowest BCUT2D eigenvalue weighted by atomic mass is 10.2. The minimum Gasteiger partial charge on any atom is -0.496 e. The summed E-state index contributed by atoms with van der Waals surface area (Å²) in [6.07, 6.45) is 0. The van der Waals surface area contributed by atoms with Crippen molar-refractivity contribution < 1.29 is 4.74 Å². The molecule has 0 aliphatic heterocycles. The largest absolute Gasteiger partial charge is 0.496 e. The maximum Gasteiger partial charge on any atom is 0.123 e. The van der Waals surface area contributed by atoms with Crippen LogP contribution in [-0.2, 0) is 0 Å². The molecule has 0 aliphatic carbocycles. The van der Waals surface area contributed by atoms with E-state index < -0.39 is 0 Å². The van der Waals surface area contributed by atoms with Gasteiger partial charge in [-0.05, 0) is 19.1 Å². The van der Waals surface area contributed by atoms with Crippen LogP contribution < -0.4 is 4.74 Å². The van der Waals surface area contributed by atoms with Crippen LogP contribution in [0.2, 0.25) is 10.0 Å². The lowest BCUT2D eigenvalue weighted by Gasteiger charge is -2.06. The highest BCUT2D eigenvalue weighted by atomic mass is 35.5. The molecule has 0 heterocycles. The summed E-state index contributed by atoms with van der Waals surface area (Å²) in [6, 6.07) is 3.51. The molecule has 1 rings (SSSR count). The van der Waals surface area contributed by atoms with Gasteiger partial charge in [0.05, 0.1) is 17.2 Å². The molecule has 0 radical (unpaired) electrons. The van der Waals surface area contributed by atoms with Gasteiger partial charge in [0.25, 0.3) is 0 Å². The molecule has 1 aromatic carbocycles. The molecule has 0 amide bonds. The standard InChI is InChI=1S/C8H8Cl2O.C2H6/c1-5-7(11-2)4-3-6(9)8(5)10;1-2/h3-4H,1-2H3;1-2H3. The van der Waals surface area contributed by atoms with Gasteiger partial charge in [-0.25, -0.2) is 0 Å². The van der Waals surface area contributed by atoms with Gasteiger partial charge in [0.1, 0.15) is 5.75 Å². The van der Waals surface area contributed by atoms with Crippen molar-refractivity contribution in [3.8, 4) is 5.75 Å². The highest BCUT2D eigenvalue weighted by molar-refractivity contribution is 6.42. The van der Waals surface area contributed by atoms with Gasteiger partial charge in [0.15, 0.2) is 0 Å². The number of ether oxygens (including phenoxy) is 1. The Morgan fingerprint density at radius 2 is 1.69 bits per heavy atom. The lowest BCUT2D eigenvalue weighted by molar-refractivity contribution is 0.412. The van der Waals surface area contributed by atoms with Crippen LogP contribution in [0.5, 0.6) is 5.75 Å². The van der Waals surface area contributed by atoms with Gasteiger partial charge < -0.3 is 4.74 Å². The van der Waals surface area contributed by atoms with Crippen LogP contribution in [0.15, 0.2) is 12.1 Å². The van der Waals surface area contributed by atoms with Crippen molar-refractivity contribution in [3.63, 3.8) is 0 Å². The third kappa shape index (κ3) is 3.09. The second kappa shape index (κ2) is 6.11. The van der Waals surface area contributed by atoms with Crippen LogP contribution in [-0.4, -0.2) is 7.11 Å². The predicted octanol–water partition coefficient (Wildman–Crippen LogP) is 4.34. The molecule has 0 bridgehead atoms. The molecule has 0 aromatic heterocycles. The van der Waals surface area contributed by atoms with Crippen molar-refractivity contribution in [1.29, 1.82) is 0 Å². The van der Waals surface area contributed by atoms with Crippen molar-refractivity contribution >= 4 is 23.2 Å². The van der Waals surface area contributed by atoms with Gasteiger partial charge in [-0.1, -0.05) is 37.0 Å². The summed E-state index contributed by atoms with van der Waals surface area (Å²) in [5.41, 5.74) is 0.877. The van der Waals surface area contributed by atoms with E-state index in [-0.39, 0.29) is 0 Å². The van der Waals surface area contributed by atoms with E-state index >= 15 is 0 Å². The first-order chi connectivity index (χ1) is 6.16. The number of benzene rings is 1. The molecule has 0 saturated carbocycles. The van der Waals surface area contributed by atoms with E-state index in [1.807, 2.05) is 20.8 Å². The smallest absolute Gasteiger partial charge is 0.123 e. The minimum absolute atomic E-state index is 0.560. The molecule has 3 heteroatoms. The van der Waals surface area contributed by atoms with Crippen LogP contribution in [0.25, 0.3) is 0 Å². The molecule has 1 aromatic rings. The number of hydrogen-bond acceptors (Lipinski definition) is 1. The molecule has 0 N–H and O–H groups in total. The van der Waals surface area contributed by atoms with Crippen molar-refractivity contribution in [3.05, 3.63) is 27.7 Å². The Bertz CT molecular complexity index is 272. The van der Waals surface area contributed by atoms with Gasteiger partial charge in [0, 0.05) is 5.56 Å². The molecule has 13 heavy (non-hydrogen) atoms. The summed E-state index contributed by atoms with van der Waals surface area (Å²) in [4.78, 5) is 0. The molecule has 1 nitrogen and oxygen atoms in total. The van der Waals surface area contributed by atoms with E-state index in [1.54, 1.807) is 19.2 Å². The van der Waals surface area contributed by atoms with Crippen molar-refractivity contribution in [2.24, 2.45) is 0 Å². The summed E-state index contributed by atoms with van der Waals surface area (Å²) >= 11 is 11.6. The molecule has 0 fully saturated rings. The van der Waals surface area contributed by atoms with Gasteiger partial charge in [0.2, 0.25) is 0 Å². The molecular weight excluding hydrogens is 207 g/mol. The Morgan fingerprint density at radius 1 is 1.15 bits per heavy atom. The van der Waals surface area contributed by atoms with Crippen LogP contribution in [0.3, 0.4) is 0 Å². The second-order valence-electron chi connectivity index (χ2n) is 2.19. The maximum absolute atomic E-state index is 5.85. The predicted molar refractivity (Wildman–Crippen MR) is 59.1 cm³/mol. The SMILES string of the molecule is CC.COc1ccc(Cl)c(Cl)c1C. The monoisotopic (exact) mass is 220 g/mol. The van der Waals surface area contributed by atoms with Crippen molar-refractivity contribution in [1.82, 2.24) is 0 Å². The van der Waals surface area contributed by atoms with Crippen molar-refractivity contribution in [2.75, 3.05) is 7.11 Å². The normalized spacial score (nSPS) is 8.77. The third-order valence-corrected chi connectivity index (χ3v) is 2.41. The highest BCUT2D eigenvalue weighted by Gasteiger charge is 2.05. The third-order valence-electron chi connectivity index (χ3n) is 1.51. The van der Waals surface area contributed by atoms with Gasteiger partial charge in [-0.2, -0.15) is 0 Å². The van der Waals surface area contributed by atoms with Gasteiger partial charge >= 0.3 is 0 Å². The molecule has 0 saturated heterocycles. The Kier molecular flexibility index (Phi) is 5.93. The van der Waals surface area contributed by atoms with E-state index in [0.29, 0.717) is 10.0 Å². The second-order valence-corrected chi connectivity index (χ2v) is 2.97. The fourth-order valence-corrected chi connectivity index (χ4v) is 1.22. The fourth-order valence-electron chi connectivity index (χ4n) is 0.855. The first kappa shape index (κ1) is 12.6. The van der Waals surface area contributed by atoms with E-state index in [9.17, 15) is 0 Å². The summed E-state index contributed by atoms with van der Waals surface area (Å²) in [5, 5.41) is 1.12. The number of rotatable bonds is 1. The number of halogens is 2. The van der Waals surface area contributed by atoms with Crippen LogP contribution in [0.4, 0.5) is 0 Å². The van der Waals surface area contributed by atoms with Crippen LogP contribution >= 0.6 is 23.2 Å². The first-order valence-corrected chi connectivity index (χ1v) is 4.91. The van der Waals surface area contributed by atoms with Gasteiger partial charge in [-0.3, -0.25) is 0 Å². The summed E-state index contributed by atoms with van der Waals surface area (Å²) in [5.74, 6) is 0.763. The molecular formula is C10H14Cl2O. The Hall–Kier alpha value is -0.400. The quantitative estimate of drug-likeness (QED) is 0.685. The summed E-state index contributed by atoms with van der Waals surface area (Å²) < 4.78 is 5.04. The Labute approximate surface area is 89.6 Å². The summed E-state index contributed by atoms with van der Waals surface area (Å²) in [6.45, 7) is 5.87. The highest BCUT2D eigenvalue weighted by Crippen LogP contribution is 2.31. The average Bonchev–Trinajstić information content (AvgIpc) is 2.18. The Balaban J connectivity index is 0.000000671. The van der Waals surface area contributed by atoms with E-state index in [0.717, 1.165) is 11.3 Å². The molecule has 74 valence electrons. The zero-order chi connectivity index (χ0) is 10.4. The fraction of sp³-hybridized carbons (Fsp3) is 0.400. The van der Waals surface area contributed by atoms with E-state index in [2.05, 4.69) is 0 Å². The zero-order valence-electron chi connectivity index (χ0n) is 8.32. The van der Waals surface area contributed by atoms with Crippen LogP contribution in [0.1, 0.15) is 19.4 Å². The number of hydrogen-bond donors (Lipinski definition) is 0. The van der Waals surface area contributed by atoms with Crippen molar-refractivity contribution in [2.45, 2.75) is 20.8 Å². The summed E-state index contributed by atoms with van der Waals surface area (Å²) in [7, 11) is 1.60. The molecule has 0 spiro atoms. The molecule has 0 atom stereocenters.